The van der Waals surface area contributed by atoms with Crippen LogP contribution in [0, 0.1) is 5.41 Å². The normalized spacial score (nSPS) is 19.4. The average molecular weight is 255 g/mol. The van der Waals surface area contributed by atoms with E-state index in [1.165, 1.54) is 25.6 Å². The van der Waals surface area contributed by atoms with E-state index < -0.39 is 0 Å². The van der Waals surface area contributed by atoms with Crippen LogP contribution in [0.5, 0.6) is 0 Å². The van der Waals surface area contributed by atoms with Crippen LogP contribution in [0.1, 0.15) is 33.1 Å². The number of nitrogen functional groups attached to an aromatic ring is 1. The van der Waals surface area contributed by atoms with Crippen molar-refractivity contribution in [3.8, 4) is 0 Å². The summed E-state index contributed by atoms with van der Waals surface area (Å²) in [5, 5.41) is 0.479. The number of halogens is 1. The van der Waals surface area contributed by atoms with Crippen molar-refractivity contribution in [3.05, 3.63) is 11.3 Å². The summed E-state index contributed by atoms with van der Waals surface area (Å²) in [6.07, 6.45) is 5.04. The van der Waals surface area contributed by atoms with Crippen LogP contribution in [-0.4, -0.2) is 23.1 Å². The van der Waals surface area contributed by atoms with Crippen LogP contribution in [0.4, 0.5) is 11.6 Å². The molecule has 1 aromatic rings. The Morgan fingerprint density at radius 2 is 2.06 bits per heavy atom. The number of piperidine rings is 1. The molecule has 0 spiro atoms. The van der Waals surface area contributed by atoms with Crippen LogP contribution in [0.2, 0.25) is 5.02 Å². The molecule has 0 aliphatic carbocycles. The molecule has 0 bridgehead atoms. The maximum Gasteiger partial charge on any atom is 0.153 e. The van der Waals surface area contributed by atoms with Gasteiger partial charge in [-0.2, -0.15) is 0 Å². The Bertz CT molecular complexity index is 399. The maximum absolute atomic E-state index is 6.14. The molecule has 0 aromatic carbocycles. The van der Waals surface area contributed by atoms with Crippen LogP contribution in [-0.2, 0) is 0 Å². The first-order chi connectivity index (χ1) is 8.06. The molecule has 17 heavy (non-hydrogen) atoms. The summed E-state index contributed by atoms with van der Waals surface area (Å²) in [6.45, 7) is 6.58. The Morgan fingerprint density at radius 1 is 1.41 bits per heavy atom. The highest BCUT2D eigenvalue weighted by molar-refractivity contribution is 6.35. The number of hydrogen-bond acceptors (Lipinski definition) is 4. The molecule has 2 heterocycles. The van der Waals surface area contributed by atoms with Gasteiger partial charge in [0.05, 0.1) is 0 Å². The van der Waals surface area contributed by atoms with Gasteiger partial charge in [-0.1, -0.05) is 31.9 Å². The Morgan fingerprint density at radius 3 is 2.65 bits per heavy atom. The minimum absolute atomic E-state index is 0.362. The molecule has 1 aliphatic rings. The van der Waals surface area contributed by atoms with Crippen LogP contribution >= 0.6 is 11.6 Å². The summed E-state index contributed by atoms with van der Waals surface area (Å²) in [6, 6.07) is 0. The SMILES string of the molecule is CCC1(C)CCN(c2ncnc(N)c2Cl)CC1. The van der Waals surface area contributed by atoms with Crippen molar-refractivity contribution >= 4 is 23.2 Å². The molecule has 2 N–H and O–H groups in total. The van der Waals surface area contributed by atoms with Gasteiger partial charge in [0.15, 0.2) is 5.82 Å². The van der Waals surface area contributed by atoms with Crippen molar-refractivity contribution in [1.29, 1.82) is 0 Å². The Kier molecular flexibility index (Phi) is 3.43. The molecular formula is C12H19ClN4. The van der Waals surface area contributed by atoms with Crippen molar-refractivity contribution < 1.29 is 0 Å². The van der Waals surface area contributed by atoms with Gasteiger partial charge in [0, 0.05) is 13.1 Å². The number of aromatic nitrogens is 2. The number of nitrogens with two attached hydrogens (primary N) is 1. The van der Waals surface area contributed by atoms with Crippen molar-refractivity contribution in [2.45, 2.75) is 33.1 Å². The molecule has 0 radical (unpaired) electrons. The lowest BCUT2D eigenvalue weighted by molar-refractivity contribution is 0.238. The van der Waals surface area contributed by atoms with E-state index in [2.05, 4.69) is 28.7 Å². The van der Waals surface area contributed by atoms with Gasteiger partial charge in [0.2, 0.25) is 0 Å². The first-order valence-corrected chi connectivity index (χ1v) is 6.44. The van der Waals surface area contributed by atoms with Gasteiger partial charge in [-0.05, 0) is 18.3 Å². The first kappa shape index (κ1) is 12.4. The minimum Gasteiger partial charge on any atom is -0.382 e. The molecule has 1 aliphatic heterocycles. The van der Waals surface area contributed by atoms with Gasteiger partial charge in [0.25, 0.3) is 0 Å². The Balaban J connectivity index is 2.13. The summed E-state index contributed by atoms with van der Waals surface area (Å²) < 4.78 is 0. The van der Waals surface area contributed by atoms with Gasteiger partial charge in [-0.15, -0.1) is 0 Å². The first-order valence-electron chi connectivity index (χ1n) is 6.07. The van der Waals surface area contributed by atoms with Gasteiger partial charge in [0.1, 0.15) is 17.2 Å². The Labute approximate surface area is 107 Å². The highest BCUT2D eigenvalue weighted by atomic mass is 35.5. The van der Waals surface area contributed by atoms with E-state index >= 15 is 0 Å². The van der Waals surface area contributed by atoms with Gasteiger partial charge in [-0.3, -0.25) is 0 Å². The highest BCUT2D eigenvalue weighted by Gasteiger charge is 2.29. The quantitative estimate of drug-likeness (QED) is 0.882. The standard InChI is InChI=1S/C12H19ClN4/c1-3-12(2)4-6-17(7-5-12)11-9(13)10(14)15-8-16-11/h8H,3-7H2,1-2H3,(H2,14,15,16). The summed E-state index contributed by atoms with van der Waals surface area (Å²) in [7, 11) is 0. The maximum atomic E-state index is 6.14. The smallest absolute Gasteiger partial charge is 0.153 e. The van der Waals surface area contributed by atoms with E-state index in [0.29, 0.717) is 16.3 Å². The van der Waals surface area contributed by atoms with Crippen LogP contribution in [0.3, 0.4) is 0 Å². The zero-order valence-corrected chi connectivity index (χ0v) is 11.2. The summed E-state index contributed by atoms with van der Waals surface area (Å²) in [5.74, 6) is 1.14. The van der Waals surface area contributed by atoms with E-state index in [4.69, 9.17) is 17.3 Å². The lowest BCUT2D eigenvalue weighted by atomic mass is 9.78. The molecule has 0 saturated carbocycles. The zero-order chi connectivity index (χ0) is 12.5. The largest absolute Gasteiger partial charge is 0.382 e. The molecule has 1 saturated heterocycles. The molecular weight excluding hydrogens is 236 g/mol. The molecule has 0 amide bonds. The molecule has 1 fully saturated rings. The molecule has 2 rings (SSSR count). The predicted molar refractivity (Wildman–Crippen MR) is 71.3 cm³/mol. The lowest BCUT2D eigenvalue weighted by Gasteiger charge is -2.39. The zero-order valence-electron chi connectivity index (χ0n) is 10.4. The molecule has 0 atom stereocenters. The van der Waals surface area contributed by atoms with Gasteiger partial charge < -0.3 is 10.6 Å². The third-order valence-electron chi connectivity index (χ3n) is 3.92. The minimum atomic E-state index is 0.362. The second-order valence-electron chi connectivity index (χ2n) is 5.05. The third kappa shape index (κ3) is 2.46. The van der Waals surface area contributed by atoms with E-state index in [0.717, 1.165) is 18.9 Å². The van der Waals surface area contributed by atoms with E-state index in [1.54, 1.807) is 0 Å². The summed E-state index contributed by atoms with van der Waals surface area (Å²) in [4.78, 5) is 10.3. The monoisotopic (exact) mass is 254 g/mol. The third-order valence-corrected chi connectivity index (χ3v) is 4.28. The fourth-order valence-electron chi connectivity index (χ4n) is 2.21. The van der Waals surface area contributed by atoms with Crippen LogP contribution in [0.15, 0.2) is 6.33 Å². The second kappa shape index (κ2) is 4.69. The van der Waals surface area contributed by atoms with E-state index in [9.17, 15) is 0 Å². The van der Waals surface area contributed by atoms with Crippen molar-refractivity contribution in [2.24, 2.45) is 5.41 Å². The van der Waals surface area contributed by atoms with Crippen LogP contribution < -0.4 is 10.6 Å². The molecule has 1 aromatic heterocycles. The van der Waals surface area contributed by atoms with Crippen molar-refractivity contribution in [3.63, 3.8) is 0 Å². The summed E-state index contributed by atoms with van der Waals surface area (Å²) >= 11 is 6.14. The van der Waals surface area contributed by atoms with E-state index in [-0.39, 0.29) is 0 Å². The van der Waals surface area contributed by atoms with E-state index in [1.807, 2.05) is 0 Å². The van der Waals surface area contributed by atoms with Crippen LogP contribution in [0.25, 0.3) is 0 Å². The van der Waals surface area contributed by atoms with Crippen molar-refractivity contribution in [2.75, 3.05) is 23.7 Å². The highest BCUT2D eigenvalue weighted by Crippen LogP contribution is 2.37. The average Bonchev–Trinajstić information content (AvgIpc) is 2.34. The number of nitrogens with zero attached hydrogens (tertiary/aromatic N) is 3. The molecule has 5 heteroatoms. The number of hydrogen-bond donors (Lipinski definition) is 1. The molecule has 4 nitrogen and oxygen atoms in total. The van der Waals surface area contributed by atoms with Gasteiger partial charge in [-0.25, -0.2) is 9.97 Å². The molecule has 94 valence electrons. The Hall–Kier alpha value is -1.03. The predicted octanol–water partition coefficient (Wildman–Crippen LogP) is 2.73. The fraction of sp³-hybridized carbons (Fsp3) is 0.667. The van der Waals surface area contributed by atoms with Gasteiger partial charge >= 0.3 is 0 Å². The van der Waals surface area contributed by atoms with Crippen molar-refractivity contribution in [1.82, 2.24) is 9.97 Å². The topological polar surface area (TPSA) is 55.0 Å². The lowest BCUT2D eigenvalue weighted by Crippen LogP contribution is -2.39. The number of anilines is 2. The second-order valence-corrected chi connectivity index (χ2v) is 5.43. The summed E-state index contributed by atoms with van der Waals surface area (Å²) in [5.41, 5.74) is 6.16. The fourth-order valence-corrected chi connectivity index (χ4v) is 2.42. The number of rotatable bonds is 2. The molecule has 0 unspecified atom stereocenters.